The monoisotopic (exact) mass is 541 g/mol. The molecular weight excluding hydrogens is 514 g/mol. The molecule has 1 saturated heterocycles. The zero-order valence-corrected chi connectivity index (χ0v) is 21.8. The van der Waals surface area contributed by atoms with Crippen molar-refractivity contribution in [2.75, 3.05) is 39.1 Å². The molecule has 1 aromatic rings. The number of hydrogen-bond donors (Lipinski definition) is 2. The van der Waals surface area contributed by atoms with Crippen LogP contribution < -0.4 is 11.1 Å². The summed E-state index contributed by atoms with van der Waals surface area (Å²) in [6.45, 7) is 3.22. The highest BCUT2D eigenvalue weighted by Crippen LogP contribution is 2.40. The number of β-lactam (4-membered cyclic amide) rings is 1. The van der Waals surface area contributed by atoms with Crippen LogP contribution in [0.2, 0.25) is 0 Å². The number of nitrogens with one attached hydrogen (secondary N) is 1. The minimum absolute atomic E-state index is 0.00839. The number of nitrogen functional groups attached to an aromatic ring is 1. The predicted molar refractivity (Wildman–Crippen MR) is 131 cm³/mol. The fourth-order valence-corrected chi connectivity index (χ4v) is 5.34. The fourth-order valence-electron chi connectivity index (χ4n) is 3.47. The first-order valence-corrected chi connectivity index (χ1v) is 12.7. The molecule has 196 valence electrons. The third kappa shape index (κ3) is 6.14. The third-order valence-electron chi connectivity index (χ3n) is 4.99. The van der Waals surface area contributed by atoms with Crippen molar-refractivity contribution in [1.29, 1.82) is 0 Å². The van der Waals surface area contributed by atoms with Gasteiger partial charge in [-0.2, -0.15) is 0 Å². The molecule has 3 N–H and O–H groups in total. The highest BCUT2D eigenvalue weighted by molar-refractivity contribution is 8.00. The first kappa shape index (κ1) is 27.4. The maximum atomic E-state index is 13.0. The molecule has 1 fully saturated rings. The van der Waals surface area contributed by atoms with Gasteiger partial charge in [0.05, 0.1) is 6.61 Å². The summed E-state index contributed by atoms with van der Waals surface area (Å²) in [4.78, 5) is 60.5. The van der Waals surface area contributed by atoms with E-state index in [-0.39, 0.29) is 41.2 Å². The number of hydrogen-bond acceptors (Lipinski definition) is 13. The second-order valence-corrected chi connectivity index (χ2v) is 10.1. The summed E-state index contributed by atoms with van der Waals surface area (Å²) in [5.74, 6) is -2.09. The second-order valence-electron chi connectivity index (χ2n) is 8.10. The van der Waals surface area contributed by atoms with Crippen LogP contribution in [0.15, 0.2) is 21.8 Å². The van der Waals surface area contributed by atoms with Crippen LogP contribution in [0.1, 0.15) is 26.0 Å². The molecule has 2 aliphatic rings. The van der Waals surface area contributed by atoms with Gasteiger partial charge < -0.3 is 30.1 Å². The van der Waals surface area contributed by atoms with Gasteiger partial charge in [-0.1, -0.05) is 19.0 Å². The van der Waals surface area contributed by atoms with Crippen molar-refractivity contribution >= 4 is 57.7 Å². The van der Waals surface area contributed by atoms with Crippen molar-refractivity contribution < 1.29 is 38.2 Å². The van der Waals surface area contributed by atoms with Gasteiger partial charge in [-0.05, 0) is 11.5 Å². The largest absolute Gasteiger partial charge is 0.428 e. The van der Waals surface area contributed by atoms with Crippen molar-refractivity contribution in [2.45, 2.75) is 31.7 Å². The van der Waals surface area contributed by atoms with Gasteiger partial charge >= 0.3 is 11.9 Å². The standard InChI is InChI=1S/C21H27N5O8S2/c1-10(2)5-13(27)33-9-34-20(30)16-11(6-31-3)7-35-19-15(18(29)26(16)19)24-17(28)14(25-32-4)12-8-36-21(22)23-12/h8,10,15,19H,5-7,9H2,1-4H3,(H2,22,23)(H,24,28)/t15?,19-/m1/s1. The Morgan fingerprint density at radius 3 is 2.67 bits per heavy atom. The normalized spacial score (nSPS) is 19.5. The van der Waals surface area contributed by atoms with Gasteiger partial charge in [-0.3, -0.25) is 19.3 Å². The van der Waals surface area contributed by atoms with E-state index in [4.69, 9.17) is 24.8 Å². The van der Waals surface area contributed by atoms with E-state index in [0.29, 0.717) is 11.3 Å². The quantitative estimate of drug-likeness (QED) is 0.131. The fraction of sp³-hybridized carbons (Fsp3) is 0.524. The second kappa shape index (κ2) is 12.2. The molecule has 15 heteroatoms. The Hall–Kier alpha value is -3.17. The molecule has 36 heavy (non-hydrogen) atoms. The Morgan fingerprint density at radius 2 is 2.06 bits per heavy atom. The number of oxime groups is 1. The summed E-state index contributed by atoms with van der Waals surface area (Å²) in [6.07, 6.45) is 0.182. The lowest BCUT2D eigenvalue weighted by molar-refractivity contribution is -0.168. The lowest BCUT2D eigenvalue weighted by Gasteiger charge is -2.49. The van der Waals surface area contributed by atoms with Crippen molar-refractivity contribution in [2.24, 2.45) is 11.1 Å². The summed E-state index contributed by atoms with van der Waals surface area (Å²) in [6, 6.07) is -0.934. The van der Waals surface area contributed by atoms with E-state index in [1.54, 1.807) is 5.38 Å². The van der Waals surface area contributed by atoms with Crippen molar-refractivity contribution in [1.82, 2.24) is 15.2 Å². The molecular formula is C21H27N5O8S2. The number of thiazole rings is 1. The molecule has 0 saturated carbocycles. The molecule has 1 aromatic heterocycles. The van der Waals surface area contributed by atoms with Crippen LogP contribution in [0.5, 0.6) is 0 Å². The average molecular weight is 542 g/mol. The van der Waals surface area contributed by atoms with Crippen LogP contribution in [0.3, 0.4) is 0 Å². The van der Waals surface area contributed by atoms with Crippen molar-refractivity contribution in [3.05, 3.63) is 22.3 Å². The van der Waals surface area contributed by atoms with E-state index in [1.807, 2.05) is 13.8 Å². The van der Waals surface area contributed by atoms with Gasteiger partial charge in [0.25, 0.3) is 11.8 Å². The Bertz CT molecular complexity index is 1090. The number of nitrogens with zero attached hydrogens (tertiary/aromatic N) is 3. The molecule has 0 bridgehead atoms. The number of rotatable bonds is 11. The number of thioether (sulfide) groups is 1. The van der Waals surface area contributed by atoms with Gasteiger partial charge in [-0.25, -0.2) is 9.78 Å². The lowest BCUT2D eigenvalue weighted by Crippen LogP contribution is -2.71. The highest BCUT2D eigenvalue weighted by atomic mass is 32.2. The zero-order chi connectivity index (χ0) is 26.4. The summed E-state index contributed by atoms with van der Waals surface area (Å²) < 4.78 is 15.2. The Kier molecular flexibility index (Phi) is 9.28. The molecule has 3 heterocycles. The first-order chi connectivity index (χ1) is 17.2. The summed E-state index contributed by atoms with van der Waals surface area (Å²) >= 11 is 2.47. The molecule has 0 aliphatic carbocycles. The Labute approximate surface area is 215 Å². The van der Waals surface area contributed by atoms with Crippen LogP contribution in [0.4, 0.5) is 5.13 Å². The maximum Gasteiger partial charge on any atom is 0.358 e. The molecule has 3 rings (SSSR count). The number of carbonyl (C=O) groups is 4. The summed E-state index contributed by atoms with van der Waals surface area (Å²) in [5, 5.41) is 7.55. The molecule has 2 aliphatic heterocycles. The number of anilines is 1. The van der Waals surface area contributed by atoms with Crippen molar-refractivity contribution in [3.8, 4) is 0 Å². The summed E-state index contributed by atoms with van der Waals surface area (Å²) in [7, 11) is 2.74. The van der Waals surface area contributed by atoms with Crippen LogP contribution in [0, 0.1) is 5.92 Å². The molecule has 0 spiro atoms. The SMILES string of the molecule is COCC1=C(C(=O)OCOC(=O)CC(C)C)N2C(=O)C(NC(=O)C(=NOC)c3csc(N)n3)[C@H]2SC1. The number of carbonyl (C=O) groups excluding carboxylic acids is 4. The molecule has 2 atom stereocenters. The van der Waals surface area contributed by atoms with Crippen molar-refractivity contribution in [3.63, 3.8) is 0 Å². The number of esters is 2. The molecule has 13 nitrogen and oxygen atoms in total. The summed E-state index contributed by atoms with van der Waals surface area (Å²) in [5.41, 5.74) is 6.25. The number of fused-ring (bicyclic) bond motifs is 1. The van der Waals surface area contributed by atoms with E-state index < -0.39 is 42.0 Å². The van der Waals surface area contributed by atoms with E-state index >= 15 is 0 Å². The van der Waals surface area contributed by atoms with Gasteiger partial charge in [0.2, 0.25) is 6.79 Å². The number of aromatic nitrogens is 1. The third-order valence-corrected chi connectivity index (χ3v) is 7.01. The predicted octanol–water partition coefficient (Wildman–Crippen LogP) is 0.466. The van der Waals surface area contributed by atoms with Crippen LogP contribution in [-0.4, -0.2) is 84.1 Å². The molecule has 2 amide bonds. The number of amides is 2. The minimum atomic E-state index is -0.934. The van der Waals surface area contributed by atoms with Gasteiger partial charge in [0.1, 0.15) is 29.9 Å². The Balaban J connectivity index is 1.70. The van der Waals surface area contributed by atoms with Crippen LogP contribution >= 0.6 is 23.1 Å². The number of ether oxygens (including phenoxy) is 3. The van der Waals surface area contributed by atoms with Gasteiger partial charge in [-0.15, -0.1) is 23.1 Å². The highest BCUT2D eigenvalue weighted by Gasteiger charge is 2.54. The van der Waals surface area contributed by atoms with Crippen LogP contribution in [-0.2, 0) is 38.2 Å². The topological polar surface area (TPSA) is 172 Å². The number of nitrogens with two attached hydrogens (primary N) is 1. The Morgan fingerprint density at radius 1 is 1.31 bits per heavy atom. The maximum absolute atomic E-state index is 13.0. The van der Waals surface area contributed by atoms with Gasteiger partial charge in [0, 0.05) is 24.7 Å². The molecule has 0 radical (unpaired) electrons. The number of methoxy groups -OCH3 is 1. The van der Waals surface area contributed by atoms with Gasteiger partial charge in [0.15, 0.2) is 10.8 Å². The van der Waals surface area contributed by atoms with E-state index in [9.17, 15) is 19.2 Å². The molecule has 1 unspecified atom stereocenters. The van der Waals surface area contributed by atoms with E-state index in [2.05, 4.69) is 15.5 Å². The lowest BCUT2D eigenvalue weighted by atomic mass is 10.0. The smallest absolute Gasteiger partial charge is 0.358 e. The first-order valence-electron chi connectivity index (χ1n) is 10.8. The zero-order valence-electron chi connectivity index (χ0n) is 20.1. The van der Waals surface area contributed by atoms with E-state index in [0.717, 1.165) is 11.3 Å². The minimum Gasteiger partial charge on any atom is -0.428 e. The average Bonchev–Trinajstić information content (AvgIpc) is 3.25. The molecule has 0 aromatic carbocycles. The van der Waals surface area contributed by atoms with Crippen LogP contribution in [0.25, 0.3) is 0 Å². The van der Waals surface area contributed by atoms with E-state index in [1.165, 1.54) is 30.9 Å².